The summed E-state index contributed by atoms with van der Waals surface area (Å²) in [6.45, 7) is 0.929. The van der Waals surface area contributed by atoms with Crippen molar-refractivity contribution < 1.29 is 9.59 Å². The number of hydrogen-bond donors (Lipinski definition) is 3. The number of carbonyl (C=O) groups excluding carboxylic acids is 2. The van der Waals surface area contributed by atoms with Crippen molar-refractivity contribution >= 4 is 11.8 Å². The zero-order valence-electron chi connectivity index (χ0n) is 7.95. The van der Waals surface area contributed by atoms with Crippen molar-refractivity contribution in [2.75, 3.05) is 13.1 Å². The SMILES string of the molecule is NC/C=C/CNC(=O)[C@H]1CCC(=O)N1. The fraction of sp³-hybridized carbons (Fsp3) is 0.556. The van der Waals surface area contributed by atoms with Gasteiger partial charge >= 0.3 is 0 Å². The van der Waals surface area contributed by atoms with E-state index in [0.717, 1.165) is 0 Å². The zero-order valence-corrected chi connectivity index (χ0v) is 7.95. The van der Waals surface area contributed by atoms with Gasteiger partial charge in [0.05, 0.1) is 0 Å². The predicted molar refractivity (Wildman–Crippen MR) is 52.4 cm³/mol. The maximum Gasteiger partial charge on any atom is 0.242 e. The Morgan fingerprint density at radius 3 is 3.00 bits per heavy atom. The third-order valence-electron chi connectivity index (χ3n) is 2.01. The Labute approximate surface area is 82.7 Å². The summed E-state index contributed by atoms with van der Waals surface area (Å²) in [5, 5.41) is 5.28. The van der Waals surface area contributed by atoms with E-state index in [4.69, 9.17) is 5.73 Å². The van der Waals surface area contributed by atoms with Crippen LogP contribution in [0.15, 0.2) is 12.2 Å². The fourth-order valence-electron chi connectivity index (χ4n) is 1.27. The quantitative estimate of drug-likeness (QED) is 0.500. The molecule has 5 heteroatoms. The van der Waals surface area contributed by atoms with Gasteiger partial charge in [-0.2, -0.15) is 0 Å². The molecule has 0 aromatic carbocycles. The number of carbonyl (C=O) groups is 2. The van der Waals surface area contributed by atoms with Crippen LogP contribution in [0.1, 0.15) is 12.8 Å². The summed E-state index contributed by atoms with van der Waals surface area (Å²) in [7, 11) is 0. The summed E-state index contributed by atoms with van der Waals surface area (Å²) >= 11 is 0. The third-order valence-corrected chi connectivity index (χ3v) is 2.01. The van der Waals surface area contributed by atoms with Gasteiger partial charge in [0.15, 0.2) is 0 Å². The minimum absolute atomic E-state index is 0.0531. The first-order chi connectivity index (χ1) is 6.74. The summed E-state index contributed by atoms with van der Waals surface area (Å²) in [6.07, 6.45) is 4.59. The number of hydrogen-bond acceptors (Lipinski definition) is 3. The van der Waals surface area contributed by atoms with E-state index in [1.54, 1.807) is 12.2 Å². The van der Waals surface area contributed by atoms with Gasteiger partial charge in [-0.25, -0.2) is 0 Å². The third kappa shape index (κ3) is 3.18. The number of rotatable bonds is 4. The molecule has 0 unspecified atom stereocenters. The van der Waals surface area contributed by atoms with Gasteiger partial charge in [-0.05, 0) is 6.42 Å². The lowest BCUT2D eigenvalue weighted by atomic mass is 10.2. The van der Waals surface area contributed by atoms with Crippen molar-refractivity contribution in [3.05, 3.63) is 12.2 Å². The highest BCUT2D eigenvalue weighted by molar-refractivity contribution is 5.90. The lowest BCUT2D eigenvalue weighted by molar-refractivity contribution is -0.125. The predicted octanol–water partition coefficient (Wildman–Crippen LogP) is -1.10. The molecule has 5 nitrogen and oxygen atoms in total. The summed E-state index contributed by atoms with van der Waals surface area (Å²) in [5.74, 6) is -0.180. The van der Waals surface area contributed by atoms with E-state index in [-0.39, 0.29) is 17.9 Å². The van der Waals surface area contributed by atoms with Crippen LogP contribution < -0.4 is 16.4 Å². The molecule has 78 valence electrons. The average Bonchev–Trinajstić information content (AvgIpc) is 2.59. The smallest absolute Gasteiger partial charge is 0.242 e. The van der Waals surface area contributed by atoms with E-state index in [9.17, 15) is 9.59 Å². The molecule has 2 amide bonds. The molecule has 0 saturated carbocycles. The summed E-state index contributed by atoms with van der Waals surface area (Å²) < 4.78 is 0. The second-order valence-corrected chi connectivity index (χ2v) is 3.11. The first-order valence-electron chi connectivity index (χ1n) is 4.66. The first-order valence-corrected chi connectivity index (χ1v) is 4.66. The lowest BCUT2D eigenvalue weighted by Crippen LogP contribution is -2.41. The van der Waals surface area contributed by atoms with Crippen LogP contribution in [-0.2, 0) is 9.59 Å². The Morgan fingerprint density at radius 1 is 1.64 bits per heavy atom. The van der Waals surface area contributed by atoms with Crippen molar-refractivity contribution in [2.45, 2.75) is 18.9 Å². The molecule has 4 N–H and O–H groups in total. The van der Waals surface area contributed by atoms with Crippen LogP contribution >= 0.6 is 0 Å². The van der Waals surface area contributed by atoms with Gasteiger partial charge in [0.2, 0.25) is 11.8 Å². The second kappa shape index (κ2) is 5.39. The first kappa shape index (κ1) is 10.7. The average molecular weight is 197 g/mol. The van der Waals surface area contributed by atoms with Crippen molar-refractivity contribution in [3.8, 4) is 0 Å². The van der Waals surface area contributed by atoms with Crippen LogP contribution in [0.5, 0.6) is 0 Å². The molecular weight excluding hydrogens is 182 g/mol. The molecule has 0 spiro atoms. The van der Waals surface area contributed by atoms with Crippen molar-refractivity contribution in [1.29, 1.82) is 0 Å². The van der Waals surface area contributed by atoms with Gasteiger partial charge in [0, 0.05) is 19.5 Å². The van der Waals surface area contributed by atoms with Crippen LogP contribution in [0.3, 0.4) is 0 Å². The molecule has 1 aliphatic heterocycles. The van der Waals surface area contributed by atoms with Gasteiger partial charge in [-0.1, -0.05) is 12.2 Å². The lowest BCUT2D eigenvalue weighted by Gasteiger charge is -2.08. The Balaban J connectivity index is 2.22. The van der Waals surface area contributed by atoms with Gasteiger partial charge < -0.3 is 16.4 Å². The number of nitrogens with one attached hydrogen (secondary N) is 2. The summed E-state index contributed by atoms with van der Waals surface area (Å²) in [5.41, 5.74) is 5.23. The Morgan fingerprint density at radius 2 is 2.43 bits per heavy atom. The van der Waals surface area contributed by atoms with E-state index in [1.807, 2.05) is 0 Å². The molecule has 0 bridgehead atoms. The number of amides is 2. The fourth-order valence-corrected chi connectivity index (χ4v) is 1.27. The van der Waals surface area contributed by atoms with E-state index < -0.39 is 0 Å². The molecule has 0 aromatic rings. The molecule has 1 saturated heterocycles. The van der Waals surface area contributed by atoms with Crippen LogP contribution in [0.4, 0.5) is 0 Å². The Kier molecular flexibility index (Phi) is 4.12. The van der Waals surface area contributed by atoms with Gasteiger partial charge in [-0.3, -0.25) is 9.59 Å². The van der Waals surface area contributed by atoms with Crippen LogP contribution in [-0.4, -0.2) is 30.9 Å². The minimum atomic E-state index is -0.353. The second-order valence-electron chi connectivity index (χ2n) is 3.11. The molecule has 1 aliphatic rings. The van der Waals surface area contributed by atoms with Crippen molar-refractivity contribution in [2.24, 2.45) is 5.73 Å². The topological polar surface area (TPSA) is 84.2 Å². The molecule has 1 atom stereocenters. The normalized spacial score (nSPS) is 21.2. The largest absolute Gasteiger partial charge is 0.351 e. The van der Waals surface area contributed by atoms with Gasteiger partial charge in [0.1, 0.15) is 6.04 Å². The van der Waals surface area contributed by atoms with Crippen LogP contribution in [0.2, 0.25) is 0 Å². The summed E-state index contributed by atoms with van der Waals surface area (Å²) in [6, 6.07) is -0.353. The van der Waals surface area contributed by atoms with Gasteiger partial charge in [0.25, 0.3) is 0 Å². The summed E-state index contributed by atoms with van der Waals surface area (Å²) in [4.78, 5) is 22.2. The molecular formula is C9H15N3O2. The highest BCUT2D eigenvalue weighted by Crippen LogP contribution is 2.05. The van der Waals surface area contributed by atoms with E-state index in [1.165, 1.54) is 0 Å². The molecule has 14 heavy (non-hydrogen) atoms. The van der Waals surface area contributed by atoms with E-state index >= 15 is 0 Å². The maximum atomic E-state index is 11.4. The number of nitrogens with two attached hydrogens (primary N) is 1. The zero-order chi connectivity index (χ0) is 10.4. The van der Waals surface area contributed by atoms with E-state index in [0.29, 0.717) is 25.9 Å². The van der Waals surface area contributed by atoms with Crippen molar-refractivity contribution in [3.63, 3.8) is 0 Å². The highest BCUT2D eigenvalue weighted by atomic mass is 16.2. The molecule has 0 aliphatic carbocycles. The minimum Gasteiger partial charge on any atom is -0.351 e. The molecule has 1 rings (SSSR count). The van der Waals surface area contributed by atoms with Gasteiger partial charge in [-0.15, -0.1) is 0 Å². The molecule has 0 aromatic heterocycles. The Hall–Kier alpha value is -1.36. The molecule has 1 heterocycles. The van der Waals surface area contributed by atoms with Crippen molar-refractivity contribution in [1.82, 2.24) is 10.6 Å². The molecule has 1 fully saturated rings. The van der Waals surface area contributed by atoms with E-state index in [2.05, 4.69) is 10.6 Å². The van der Waals surface area contributed by atoms with Crippen LogP contribution in [0.25, 0.3) is 0 Å². The monoisotopic (exact) mass is 197 g/mol. The molecule has 0 radical (unpaired) electrons. The van der Waals surface area contributed by atoms with Crippen LogP contribution in [0, 0.1) is 0 Å². The Bertz CT molecular complexity index is 250. The standard InChI is InChI=1S/C9H15N3O2/c10-5-1-2-6-11-9(14)7-3-4-8(13)12-7/h1-2,7H,3-6,10H2,(H,11,14)(H,12,13)/b2-1+/t7-/m1/s1. The highest BCUT2D eigenvalue weighted by Gasteiger charge is 2.26. The maximum absolute atomic E-state index is 11.4.